The average molecular weight is 249 g/mol. The molecule has 4 N–H and O–H groups in total. The number of halogens is 1. The molecule has 1 aliphatic carbocycles. The molecule has 0 heterocycles. The van der Waals surface area contributed by atoms with Crippen molar-refractivity contribution in [1.29, 1.82) is 10.8 Å². The highest BCUT2D eigenvalue weighted by molar-refractivity contribution is 6.46. The highest BCUT2D eigenvalue weighted by atomic mass is 19.1. The standard InChI is InChI=1S/C13H16FN3O/c1-7(15)12(17)8-5-11(9(14)6-10(8)16)18-13(2)3-4-13/h5-6,15,17H,3-4,16H2,1-2H3. The number of ether oxygens (including phenoxy) is 1. The molecule has 0 aromatic heterocycles. The van der Waals surface area contributed by atoms with E-state index in [0.29, 0.717) is 5.56 Å². The van der Waals surface area contributed by atoms with Crippen LogP contribution in [0.2, 0.25) is 0 Å². The Morgan fingerprint density at radius 3 is 2.50 bits per heavy atom. The Bertz CT molecular complexity index is 535. The smallest absolute Gasteiger partial charge is 0.167 e. The summed E-state index contributed by atoms with van der Waals surface area (Å²) < 4.78 is 19.3. The van der Waals surface area contributed by atoms with Crippen LogP contribution >= 0.6 is 0 Å². The molecule has 1 aliphatic rings. The zero-order valence-electron chi connectivity index (χ0n) is 10.4. The van der Waals surface area contributed by atoms with Crippen LogP contribution in [0.25, 0.3) is 0 Å². The van der Waals surface area contributed by atoms with E-state index in [9.17, 15) is 4.39 Å². The van der Waals surface area contributed by atoms with Crippen LogP contribution in [0, 0.1) is 16.6 Å². The Morgan fingerprint density at radius 2 is 2.00 bits per heavy atom. The van der Waals surface area contributed by atoms with Gasteiger partial charge in [0.1, 0.15) is 5.60 Å². The Morgan fingerprint density at radius 1 is 1.39 bits per heavy atom. The summed E-state index contributed by atoms with van der Waals surface area (Å²) in [6.45, 7) is 3.41. The molecule has 1 saturated carbocycles. The number of hydrogen-bond donors (Lipinski definition) is 3. The van der Waals surface area contributed by atoms with Crippen LogP contribution in [-0.2, 0) is 0 Å². The lowest BCUT2D eigenvalue weighted by atomic mass is 10.0. The van der Waals surface area contributed by atoms with E-state index in [0.717, 1.165) is 18.9 Å². The number of nitrogen functional groups attached to an aromatic ring is 1. The first kappa shape index (κ1) is 12.5. The third-order valence-electron chi connectivity index (χ3n) is 3.06. The van der Waals surface area contributed by atoms with Crippen molar-refractivity contribution >= 4 is 17.1 Å². The van der Waals surface area contributed by atoms with E-state index in [-0.39, 0.29) is 28.5 Å². The molecule has 0 saturated heterocycles. The van der Waals surface area contributed by atoms with Gasteiger partial charge in [-0.1, -0.05) is 0 Å². The maximum atomic E-state index is 13.7. The molecule has 0 spiro atoms. The molecule has 0 aliphatic heterocycles. The van der Waals surface area contributed by atoms with Crippen molar-refractivity contribution < 1.29 is 9.13 Å². The van der Waals surface area contributed by atoms with Crippen molar-refractivity contribution in [2.75, 3.05) is 5.73 Å². The highest BCUT2D eigenvalue weighted by Crippen LogP contribution is 2.41. The molecular formula is C13H16FN3O. The predicted molar refractivity (Wildman–Crippen MR) is 69.3 cm³/mol. The van der Waals surface area contributed by atoms with Gasteiger partial charge >= 0.3 is 0 Å². The lowest BCUT2D eigenvalue weighted by Crippen LogP contribution is -2.16. The van der Waals surface area contributed by atoms with Gasteiger partial charge in [-0.25, -0.2) is 4.39 Å². The lowest BCUT2D eigenvalue weighted by Gasteiger charge is -2.16. The van der Waals surface area contributed by atoms with Gasteiger partial charge in [0.25, 0.3) is 0 Å². The molecular weight excluding hydrogens is 233 g/mol. The Hall–Kier alpha value is -1.91. The summed E-state index contributed by atoms with van der Waals surface area (Å²) >= 11 is 0. The molecule has 0 unspecified atom stereocenters. The third kappa shape index (κ3) is 2.34. The Labute approximate surface area is 105 Å². The summed E-state index contributed by atoms with van der Waals surface area (Å²) in [4.78, 5) is 0. The van der Waals surface area contributed by atoms with Gasteiger partial charge in [-0.3, -0.25) is 5.41 Å². The van der Waals surface area contributed by atoms with Crippen LogP contribution in [0.15, 0.2) is 12.1 Å². The predicted octanol–water partition coefficient (Wildman–Crippen LogP) is 2.75. The normalized spacial score (nSPS) is 16.2. The summed E-state index contributed by atoms with van der Waals surface area (Å²) in [5, 5.41) is 15.2. The van der Waals surface area contributed by atoms with Gasteiger partial charge in [-0.05, 0) is 32.8 Å². The topological polar surface area (TPSA) is 83.0 Å². The van der Waals surface area contributed by atoms with Gasteiger partial charge < -0.3 is 15.9 Å². The van der Waals surface area contributed by atoms with Crippen molar-refractivity contribution in [3.63, 3.8) is 0 Å². The summed E-state index contributed by atoms with van der Waals surface area (Å²) in [6.07, 6.45) is 1.79. The molecule has 4 nitrogen and oxygen atoms in total. The first-order valence-electron chi connectivity index (χ1n) is 5.75. The van der Waals surface area contributed by atoms with E-state index in [1.165, 1.54) is 13.0 Å². The molecule has 0 radical (unpaired) electrons. The molecule has 18 heavy (non-hydrogen) atoms. The van der Waals surface area contributed by atoms with E-state index in [1.54, 1.807) is 0 Å². The van der Waals surface area contributed by atoms with Crippen LogP contribution < -0.4 is 10.5 Å². The van der Waals surface area contributed by atoms with Crippen LogP contribution in [0.4, 0.5) is 10.1 Å². The van der Waals surface area contributed by atoms with Gasteiger partial charge in [-0.2, -0.15) is 0 Å². The monoisotopic (exact) mass is 249 g/mol. The third-order valence-corrected chi connectivity index (χ3v) is 3.06. The van der Waals surface area contributed by atoms with Crippen molar-refractivity contribution in [1.82, 2.24) is 0 Å². The fraction of sp³-hybridized carbons (Fsp3) is 0.385. The zero-order chi connectivity index (χ0) is 13.5. The number of hydrogen-bond acceptors (Lipinski definition) is 4. The quantitative estimate of drug-likeness (QED) is 0.566. The molecule has 2 rings (SSSR count). The second-order valence-corrected chi connectivity index (χ2v) is 4.92. The van der Waals surface area contributed by atoms with Crippen LogP contribution in [0.1, 0.15) is 32.3 Å². The molecule has 1 aromatic rings. The summed E-state index contributed by atoms with van der Waals surface area (Å²) in [5.74, 6) is -0.426. The van der Waals surface area contributed by atoms with Crippen LogP contribution in [-0.4, -0.2) is 17.0 Å². The van der Waals surface area contributed by atoms with Crippen LogP contribution in [0.3, 0.4) is 0 Å². The molecule has 1 fully saturated rings. The van der Waals surface area contributed by atoms with E-state index in [1.807, 2.05) is 6.92 Å². The average Bonchev–Trinajstić information content (AvgIpc) is 2.99. The van der Waals surface area contributed by atoms with Crippen LogP contribution in [0.5, 0.6) is 5.75 Å². The van der Waals surface area contributed by atoms with E-state index >= 15 is 0 Å². The molecule has 5 heteroatoms. The minimum Gasteiger partial charge on any atom is -0.484 e. The van der Waals surface area contributed by atoms with E-state index < -0.39 is 5.82 Å². The zero-order valence-corrected chi connectivity index (χ0v) is 10.4. The number of rotatable bonds is 4. The van der Waals surface area contributed by atoms with Gasteiger partial charge in [0.2, 0.25) is 0 Å². The fourth-order valence-corrected chi connectivity index (χ4v) is 1.61. The van der Waals surface area contributed by atoms with Crippen molar-refractivity contribution in [3.8, 4) is 5.75 Å². The Balaban J connectivity index is 2.39. The van der Waals surface area contributed by atoms with Crippen molar-refractivity contribution in [3.05, 3.63) is 23.5 Å². The van der Waals surface area contributed by atoms with Gasteiger partial charge in [0, 0.05) is 17.3 Å². The molecule has 1 aromatic carbocycles. The minimum atomic E-state index is -0.528. The lowest BCUT2D eigenvalue weighted by molar-refractivity contribution is 0.191. The van der Waals surface area contributed by atoms with Crippen molar-refractivity contribution in [2.24, 2.45) is 0 Å². The Kier molecular flexibility index (Phi) is 2.84. The maximum absolute atomic E-state index is 13.7. The molecule has 0 amide bonds. The van der Waals surface area contributed by atoms with E-state index in [2.05, 4.69) is 0 Å². The number of benzene rings is 1. The highest BCUT2D eigenvalue weighted by Gasteiger charge is 2.40. The SMILES string of the molecule is CC(=N)C(=N)c1cc(OC2(C)CC2)c(F)cc1N. The molecule has 0 bridgehead atoms. The number of nitrogens with one attached hydrogen (secondary N) is 2. The maximum Gasteiger partial charge on any atom is 0.167 e. The number of nitrogens with two attached hydrogens (primary N) is 1. The summed E-state index contributed by atoms with van der Waals surface area (Å²) in [6, 6.07) is 2.56. The first-order chi connectivity index (χ1) is 8.32. The molecule has 0 atom stereocenters. The van der Waals surface area contributed by atoms with Gasteiger partial charge in [-0.15, -0.1) is 0 Å². The van der Waals surface area contributed by atoms with Crippen molar-refractivity contribution in [2.45, 2.75) is 32.3 Å². The summed E-state index contributed by atoms with van der Waals surface area (Å²) in [5.41, 5.74) is 5.93. The van der Waals surface area contributed by atoms with Gasteiger partial charge in [0.15, 0.2) is 11.6 Å². The number of anilines is 1. The minimum absolute atomic E-state index is 0.0155. The second-order valence-electron chi connectivity index (χ2n) is 4.92. The molecule has 96 valence electrons. The summed E-state index contributed by atoms with van der Waals surface area (Å²) in [7, 11) is 0. The largest absolute Gasteiger partial charge is 0.484 e. The second kappa shape index (κ2) is 4.08. The fourth-order valence-electron chi connectivity index (χ4n) is 1.61. The van der Waals surface area contributed by atoms with Gasteiger partial charge in [0.05, 0.1) is 11.4 Å². The first-order valence-corrected chi connectivity index (χ1v) is 5.75. The van der Waals surface area contributed by atoms with E-state index in [4.69, 9.17) is 21.3 Å².